The summed E-state index contributed by atoms with van der Waals surface area (Å²) >= 11 is 3.13. The Morgan fingerprint density at radius 1 is 1.47 bits per heavy atom. The molecule has 0 spiro atoms. The number of benzene rings is 1. The maximum atomic E-state index is 13.5. The Morgan fingerprint density at radius 2 is 2.21 bits per heavy atom. The molecule has 0 aliphatic carbocycles. The summed E-state index contributed by atoms with van der Waals surface area (Å²) in [4.78, 5) is 18.4. The summed E-state index contributed by atoms with van der Waals surface area (Å²) in [6.45, 7) is 1.51. The van der Waals surface area contributed by atoms with Crippen LogP contribution in [-0.4, -0.2) is 21.0 Å². The molecule has 1 heterocycles. The van der Waals surface area contributed by atoms with Crippen molar-refractivity contribution in [2.45, 2.75) is 6.92 Å². The van der Waals surface area contributed by atoms with E-state index in [-0.39, 0.29) is 23.0 Å². The Balaban J connectivity index is 2.29. The third-order valence-electron chi connectivity index (χ3n) is 2.28. The highest BCUT2D eigenvalue weighted by Gasteiger charge is 2.12. The van der Waals surface area contributed by atoms with Crippen molar-refractivity contribution in [2.75, 3.05) is 0 Å². The topological polar surface area (TPSA) is 72.3 Å². The van der Waals surface area contributed by atoms with Gasteiger partial charge in [-0.3, -0.25) is 0 Å². The predicted octanol–water partition coefficient (Wildman–Crippen LogP) is 3.18. The zero-order valence-electron chi connectivity index (χ0n) is 9.72. The van der Waals surface area contributed by atoms with Crippen molar-refractivity contribution in [3.63, 3.8) is 0 Å². The average molecular weight is 327 g/mol. The number of hydrogen-bond acceptors (Lipinski definition) is 4. The second-order valence-corrected chi connectivity index (χ2v) is 4.55. The number of aromatic carboxylic acids is 1. The van der Waals surface area contributed by atoms with Crippen LogP contribution in [0, 0.1) is 12.7 Å². The third-order valence-corrected chi connectivity index (χ3v) is 2.78. The van der Waals surface area contributed by atoms with Crippen LogP contribution in [0.2, 0.25) is 0 Å². The van der Waals surface area contributed by atoms with Gasteiger partial charge in [-0.1, -0.05) is 15.9 Å². The van der Waals surface area contributed by atoms with Gasteiger partial charge in [-0.2, -0.15) is 4.98 Å². The predicted molar refractivity (Wildman–Crippen MR) is 67.9 cm³/mol. The van der Waals surface area contributed by atoms with Crippen molar-refractivity contribution in [1.29, 1.82) is 0 Å². The maximum Gasteiger partial charge on any atom is 0.339 e. The van der Waals surface area contributed by atoms with Gasteiger partial charge in [-0.05, 0) is 25.1 Å². The minimum Gasteiger partial charge on any atom is -0.478 e. The van der Waals surface area contributed by atoms with Crippen molar-refractivity contribution < 1.29 is 19.0 Å². The third kappa shape index (κ3) is 3.05. The molecule has 0 fully saturated rings. The molecule has 1 aromatic carbocycles. The van der Waals surface area contributed by atoms with Crippen molar-refractivity contribution in [2.24, 2.45) is 0 Å². The molecule has 5 nitrogen and oxygen atoms in total. The lowest BCUT2D eigenvalue weighted by atomic mass is 10.2. The van der Waals surface area contributed by atoms with Crippen LogP contribution in [0.5, 0.6) is 11.8 Å². The van der Waals surface area contributed by atoms with Crippen molar-refractivity contribution in [3.05, 3.63) is 45.9 Å². The lowest BCUT2D eigenvalue weighted by Gasteiger charge is -2.06. The monoisotopic (exact) mass is 326 g/mol. The van der Waals surface area contributed by atoms with Crippen molar-refractivity contribution in [1.82, 2.24) is 9.97 Å². The number of aryl methyl sites for hydroxylation is 1. The standard InChI is InChI=1S/C12H8BrFN2O3/c1-6-8(11(17)18)5-15-12(16-6)19-10-3-2-7(13)4-9(10)14/h2-5H,1H3,(H,17,18). The van der Waals surface area contributed by atoms with Crippen LogP contribution in [0.1, 0.15) is 16.1 Å². The fourth-order valence-corrected chi connectivity index (χ4v) is 1.69. The van der Waals surface area contributed by atoms with Gasteiger partial charge in [0.2, 0.25) is 0 Å². The molecule has 1 N–H and O–H groups in total. The fourth-order valence-electron chi connectivity index (χ4n) is 1.36. The van der Waals surface area contributed by atoms with Gasteiger partial charge in [0.15, 0.2) is 11.6 Å². The van der Waals surface area contributed by atoms with Crippen molar-refractivity contribution in [3.8, 4) is 11.8 Å². The van der Waals surface area contributed by atoms with E-state index >= 15 is 0 Å². The number of aromatic nitrogens is 2. The lowest BCUT2D eigenvalue weighted by Crippen LogP contribution is -2.04. The van der Waals surface area contributed by atoms with E-state index in [4.69, 9.17) is 9.84 Å². The summed E-state index contributed by atoms with van der Waals surface area (Å²) in [5, 5.41) is 8.83. The highest BCUT2D eigenvalue weighted by atomic mass is 79.9. The van der Waals surface area contributed by atoms with E-state index in [9.17, 15) is 9.18 Å². The normalized spacial score (nSPS) is 10.3. The zero-order chi connectivity index (χ0) is 14.0. The molecule has 7 heteroatoms. The Morgan fingerprint density at radius 3 is 2.79 bits per heavy atom. The first-order valence-corrected chi connectivity index (χ1v) is 5.96. The number of halogens is 2. The molecule has 0 unspecified atom stereocenters. The first kappa shape index (κ1) is 13.4. The number of ether oxygens (including phenoxy) is 1. The summed E-state index contributed by atoms with van der Waals surface area (Å²) in [6, 6.07) is 4.16. The first-order valence-electron chi connectivity index (χ1n) is 5.17. The zero-order valence-corrected chi connectivity index (χ0v) is 11.3. The van der Waals surface area contributed by atoms with Crippen LogP contribution < -0.4 is 4.74 Å². The molecule has 0 radical (unpaired) electrons. The van der Waals surface area contributed by atoms with Gasteiger partial charge < -0.3 is 9.84 Å². The molecular formula is C12H8BrFN2O3. The molecule has 2 aromatic rings. The minimum atomic E-state index is -1.13. The van der Waals surface area contributed by atoms with Crippen LogP contribution >= 0.6 is 15.9 Å². The molecule has 2 rings (SSSR count). The molecule has 98 valence electrons. The largest absolute Gasteiger partial charge is 0.478 e. The van der Waals surface area contributed by atoms with E-state index in [1.807, 2.05) is 0 Å². The number of carboxylic acid groups (broad SMARTS) is 1. The van der Waals surface area contributed by atoms with Crippen LogP contribution in [0.25, 0.3) is 0 Å². The molecule has 0 aliphatic rings. The van der Waals surface area contributed by atoms with Crippen LogP contribution in [0.3, 0.4) is 0 Å². The van der Waals surface area contributed by atoms with Crippen LogP contribution in [-0.2, 0) is 0 Å². The molecule has 0 saturated heterocycles. The fraction of sp³-hybridized carbons (Fsp3) is 0.0833. The summed E-state index contributed by atoms with van der Waals surface area (Å²) in [7, 11) is 0. The Labute approximate surface area is 116 Å². The molecule has 0 saturated carbocycles. The van der Waals surface area contributed by atoms with Gasteiger partial charge >= 0.3 is 12.0 Å². The summed E-state index contributed by atoms with van der Waals surface area (Å²) in [6.07, 6.45) is 1.12. The van der Waals surface area contributed by atoms with Crippen LogP contribution in [0.4, 0.5) is 4.39 Å². The summed E-state index contributed by atoms with van der Waals surface area (Å²) in [5.74, 6) is -1.73. The Hall–Kier alpha value is -2.02. The number of carbonyl (C=O) groups is 1. The lowest BCUT2D eigenvalue weighted by molar-refractivity contribution is 0.0695. The SMILES string of the molecule is Cc1nc(Oc2ccc(Br)cc2F)ncc1C(=O)O. The van der Waals surface area contributed by atoms with Gasteiger partial charge in [-0.25, -0.2) is 14.2 Å². The number of nitrogens with zero attached hydrogens (tertiary/aromatic N) is 2. The molecule has 0 amide bonds. The molecule has 0 aliphatic heterocycles. The number of rotatable bonds is 3. The average Bonchev–Trinajstić information content (AvgIpc) is 2.32. The molecule has 0 bridgehead atoms. The summed E-state index contributed by atoms with van der Waals surface area (Å²) in [5.41, 5.74) is 0.221. The smallest absolute Gasteiger partial charge is 0.339 e. The van der Waals surface area contributed by atoms with Gasteiger partial charge in [0.05, 0.1) is 11.3 Å². The van der Waals surface area contributed by atoms with Crippen molar-refractivity contribution >= 4 is 21.9 Å². The maximum absolute atomic E-state index is 13.5. The van der Waals surface area contributed by atoms with E-state index in [2.05, 4.69) is 25.9 Å². The van der Waals surface area contributed by atoms with Crippen LogP contribution in [0.15, 0.2) is 28.9 Å². The molecular weight excluding hydrogens is 319 g/mol. The molecule has 1 aromatic heterocycles. The van der Waals surface area contributed by atoms with E-state index in [0.717, 1.165) is 6.20 Å². The van der Waals surface area contributed by atoms with E-state index in [1.54, 1.807) is 6.07 Å². The second kappa shape index (κ2) is 5.31. The van der Waals surface area contributed by atoms with E-state index in [1.165, 1.54) is 19.1 Å². The number of carboxylic acids is 1. The highest BCUT2D eigenvalue weighted by Crippen LogP contribution is 2.25. The van der Waals surface area contributed by atoms with E-state index < -0.39 is 11.8 Å². The highest BCUT2D eigenvalue weighted by molar-refractivity contribution is 9.10. The Bertz CT molecular complexity index is 649. The summed E-state index contributed by atoms with van der Waals surface area (Å²) < 4.78 is 19.3. The first-order chi connectivity index (χ1) is 8.97. The quantitative estimate of drug-likeness (QED) is 0.937. The van der Waals surface area contributed by atoms with Gasteiger partial charge in [0, 0.05) is 10.7 Å². The van der Waals surface area contributed by atoms with Gasteiger partial charge in [0.25, 0.3) is 0 Å². The van der Waals surface area contributed by atoms with E-state index in [0.29, 0.717) is 4.47 Å². The van der Waals surface area contributed by atoms with Gasteiger partial charge in [0.1, 0.15) is 0 Å². The Kier molecular flexibility index (Phi) is 3.75. The molecule has 19 heavy (non-hydrogen) atoms. The number of hydrogen-bond donors (Lipinski definition) is 1. The molecule has 0 atom stereocenters. The minimum absolute atomic E-state index is 0.0244. The second-order valence-electron chi connectivity index (χ2n) is 3.63. The van der Waals surface area contributed by atoms with Gasteiger partial charge in [-0.15, -0.1) is 0 Å².